The Balaban J connectivity index is 2.68. The van der Waals surface area contributed by atoms with E-state index in [1.54, 1.807) is 13.8 Å². The fourth-order valence-corrected chi connectivity index (χ4v) is 1.74. The lowest BCUT2D eigenvalue weighted by Gasteiger charge is -2.20. The highest BCUT2D eigenvalue weighted by Crippen LogP contribution is 2.21. The van der Waals surface area contributed by atoms with E-state index in [4.69, 9.17) is 4.74 Å². The summed E-state index contributed by atoms with van der Waals surface area (Å²) in [5.41, 5.74) is 1.55. The molecule has 0 spiro atoms. The molecule has 0 bridgehead atoms. The maximum Gasteiger partial charge on any atom is 0.123 e. The van der Waals surface area contributed by atoms with Crippen molar-refractivity contribution in [3.63, 3.8) is 0 Å². The molecule has 2 N–H and O–H groups in total. The van der Waals surface area contributed by atoms with Crippen molar-refractivity contribution in [2.24, 2.45) is 5.92 Å². The first-order valence-electron chi connectivity index (χ1n) is 6.93. The number of benzene rings is 1. The summed E-state index contributed by atoms with van der Waals surface area (Å²) in [6, 6.07) is 6.14. The Morgan fingerprint density at radius 1 is 1.32 bits per heavy atom. The monoisotopic (exact) mass is 265 g/mol. The van der Waals surface area contributed by atoms with Crippen LogP contribution in [0.4, 0.5) is 0 Å². The average molecular weight is 265 g/mol. The molecule has 0 aliphatic rings. The first-order chi connectivity index (χ1) is 8.78. The number of aryl methyl sites for hydroxylation is 1. The quantitative estimate of drug-likeness (QED) is 0.796. The number of aliphatic hydroxyl groups is 1. The molecule has 0 atom stereocenters. The van der Waals surface area contributed by atoms with Crippen molar-refractivity contribution in [2.45, 2.75) is 46.8 Å². The Morgan fingerprint density at radius 2 is 2.00 bits per heavy atom. The Hall–Kier alpha value is -1.06. The second kappa shape index (κ2) is 6.92. The van der Waals surface area contributed by atoms with Gasteiger partial charge in [-0.25, -0.2) is 0 Å². The van der Waals surface area contributed by atoms with Crippen LogP contribution < -0.4 is 10.1 Å². The van der Waals surface area contributed by atoms with Gasteiger partial charge in [-0.3, -0.25) is 0 Å². The molecule has 0 aromatic heterocycles. The molecule has 19 heavy (non-hydrogen) atoms. The highest BCUT2D eigenvalue weighted by Gasteiger charge is 2.14. The highest BCUT2D eigenvalue weighted by molar-refractivity contribution is 5.36. The van der Waals surface area contributed by atoms with Gasteiger partial charge in [0.1, 0.15) is 12.4 Å². The number of hydrogen-bond donors (Lipinski definition) is 2. The summed E-state index contributed by atoms with van der Waals surface area (Å²) in [5, 5.41) is 13.2. The molecule has 0 saturated heterocycles. The minimum absolute atomic E-state index is 0.299. The van der Waals surface area contributed by atoms with Gasteiger partial charge in [0.15, 0.2) is 0 Å². The summed E-state index contributed by atoms with van der Waals surface area (Å²) in [4.78, 5) is 0. The zero-order chi connectivity index (χ0) is 14.5. The summed E-state index contributed by atoms with van der Waals surface area (Å²) >= 11 is 0. The number of ether oxygens (including phenoxy) is 1. The Labute approximate surface area is 117 Å². The zero-order valence-corrected chi connectivity index (χ0v) is 12.8. The van der Waals surface area contributed by atoms with E-state index in [9.17, 15) is 5.11 Å². The van der Waals surface area contributed by atoms with Crippen LogP contribution in [-0.2, 0) is 6.54 Å². The fourth-order valence-electron chi connectivity index (χ4n) is 1.74. The van der Waals surface area contributed by atoms with Crippen molar-refractivity contribution in [3.8, 4) is 5.75 Å². The average Bonchev–Trinajstić information content (AvgIpc) is 2.26. The number of hydrogen-bond acceptors (Lipinski definition) is 3. The third-order valence-electron chi connectivity index (χ3n) is 2.66. The van der Waals surface area contributed by atoms with Gasteiger partial charge in [-0.2, -0.15) is 0 Å². The predicted molar refractivity (Wildman–Crippen MR) is 79.5 cm³/mol. The minimum atomic E-state index is -0.812. The van der Waals surface area contributed by atoms with Crippen molar-refractivity contribution < 1.29 is 9.84 Å². The highest BCUT2D eigenvalue weighted by atomic mass is 16.5. The summed E-state index contributed by atoms with van der Waals surface area (Å²) in [6.07, 6.45) is 0. The zero-order valence-electron chi connectivity index (χ0n) is 12.8. The molecule has 0 heterocycles. The Kier molecular flexibility index (Phi) is 5.83. The standard InChI is InChI=1S/C16H27NO2/c1-12(2)9-17-10-14-8-13(3)6-7-15(14)19-11-16(4,5)18/h6-8,12,17-18H,9-11H2,1-5H3. The smallest absolute Gasteiger partial charge is 0.123 e. The second-order valence-electron chi connectivity index (χ2n) is 6.24. The molecule has 0 fully saturated rings. The molecule has 0 unspecified atom stereocenters. The third-order valence-corrected chi connectivity index (χ3v) is 2.66. The van der Waals surface area contributed by atoms with Crippen LogP contribution in [0.2, 0.25) is 0 Å². The Morgan fingerprint density at radius 3 is 2.58 bits per heavy atom. The van der Waals surface area contributed by atoms with Crippen LogP contribution in [0.3, 0.4) is 0 Å². The minimum Gasteiger partial charge on any atom is -0.490 e. The molecule has 0 saturated carbocycles. The molecule has 1 aromatic rings. The predicted octanol–water partition coefficient (Wildman–Crippen LogP) is 2.89. The van der Waals surface area contributed by atoms with Crippen LogP contribution in [0, 0.1) is 12.8 Å². The molecular formula is C16H27NO2. The molecular weight excluding hydrogens is 238 g/mol. The van der Waals surface area contributed by atoms with Gasteiger partial charge in [-0.1, -0.05) is 31.5 Å². The van der Waals surface area contributed by atoms with Crippen molar-refractivity contribution >= 4 is 0 Å². The summed E-state index contributed by atoms with van der Waals surface area (Å²) in [6.45, 7) is 12.0. The van der Waals surface area contributed by atoms with Crippen LogP contribution in [0.5, 0.6) is 5.75 Å². The van der Waals surface area contributed by atoms with Crippen molar-refractivity contribution in [1.82, 2.24) is 5.32 Å². The van der Waals surface area contributed by atoms with Gasteiger partial charge in [-0.15, -0.1) is 0 Å². The third kappa shape index (κ3) is 6.60. The largest absolute Gasteiger partial charge is 0.490 e. The fraction of sp³-hybridized carbons (Fsp3) is 0.625. The first kappa shape index (κ1) is 16.0. The van der Waals surface area contributed by atoms with Gasteiger partial charge >= 0.3 is 0 Å². The van der Waals surface area contributed by atoms with E-state index >= 15 is 0 Å². The molecule has 1 rings (SSSR count). The molecule has 0 aliphatic carbocycles. The lowest BCUT2D eigenvalue weighted by atomic mass is 10.1. The van der Waals surface area contributed by atoms with E-state index in [1.807, 2.05) is 12.1 Å². The van der Waals surface area contributed by atoms with Crippen LogP contribution in [0.25, 0.3) is 0 Å². The van der Waals surface area contributed by atoms with Gasteiger partial charge in [0.05, 0.1) is 5.60 Å². The normalized spacial score (nSPS) is 11.9. The van der Waals surface area contributed by atoms with E-state index < -0.39 is 5.60 Å². The van der Waals surface area contributed by atoms with Gasteiger partial charge in [0.25, 0.3) is 0 Å². The van der Waals surface area contributed by atoms with Crippen molar-refractivity contribution in [3.05, 3.63) is 29.3 Å². The first-order valence-corrected chi connectivity index (χ1v) is 6.93. The summed E-state index contributed by atoms with van der Waals surface area (Å²) in [5.74, 6) is 1.48. The van der Waals surface area contributed by atoms with Gasteiger partial charge in [-0.05, 0) is 39.3 Å². The van der Waals surface area contributed by atoms with E-state index in [2.05, 4.69) is 32.2 Å². The SMILES string of the molecule is Cc1ccc(OCC(C)(C)O)c(CNCC(C)C)c1. The van der Waals surface area contributed by atoms with Gasteiger partial charge < -0.3 is 15.2 Å². The van der Waals surface area contributed by atoms with Crippen molar-refractivity contribution in [2.75, 3.05) is 13.2 Å². The van der Waals surface area contributed by atoms with E-state index in [-0.39, 0.29) is 0 Å². The maximum absolute atomic E-state index is 9.73. The van der Waals surface area contributed by atoms with Gasteiger partial charge in [0, 0.05) is 12.1 Å². The van der Waals surface area contributed by atoms with Crippen LogP contribution in [0.15, 0.2) is 18.2 Å². The maximum atomic E-state index is 9.73. The topological polar surface area (TPSA) is 41.5 Å². The molecule has 0 radical (unpaired) electrons. The lowest BCUT2D eigenvalue weighted by Crippen LogP contribution is -2.28. The van der Waals surface area contributed by atoms with Crippen LogP contribution in [-0.4, -0.2) is 23.9 Å². The molecule has 3 heteroatoms. The van der Waals surface area contributed by atoms with Crippen molar-refractivity contribution in [1.29, 1.82) is 0 Å². The molecule has 3 nitrogen and oxygen atoms in total. The van der Waals surface area contributed by atoms with Gasteiger partial charge in [0.2, 0.25) is 0 Å². The molecule has 0 amide bonds. The van der Waals surface area contributed by atoms with E-state index in [0.717, 1.165) is 24.4 Å². The molecule has 1 aromatic carbocycles. The van der Waals surface area contributed by atoms with E-state index in [0.29, 0.717) is 12.5 Å². The van der Waals surface area contributed by atoms with Crippen LogP contribution >= 0.6 is 0 Å². The molecule has 108 valence electrons. The lowest BCUT2D eigenvalue weighted by molar-refractivity contribution is 0.0281. The van der Waals surface area contributed by atoms with Crippen LogP contribution in [0.1, 0.15) is 38.8 Å². The Bertz CT molecular complexity index is 394. The summed E-state index contributed by atoms with van der Waals surface area (Å²) < 4.78 is 5.72. The molecule has 0 aliphatic heterocycles. The second-order valence-corrected chi connectivity index (χ2v) is 6.24. The number of nitrogens with one attached hydrogen (secondary N) is 1. The van der Waals surface area contributed by atoms with E-state index in [1.165, 1.54) is 5.56 Å². The number of rotatable bonds is 7. The summed E-state index contributed by atoms with van der Waals surface area (Å²) in [7, 11) is 0.